The fourth-order valence-electron chi connectivity index (χ4n) is 3.75. The third kappa shape index (κ3) is 5.03. The van der Waals surface area contributed by atoms with E-state index in [1.54, 1.807) is 32.4 Å². The number of hydrogen-bond acceptors (Lipinski definition) is 5. The lowest BCUT2D eigenvalue weighted by Gasteiger charge is -2.12. The molecule has 0 saturated heterocycles. The van der Waals surface area contributed by atoms with Gasteiger partial charge in [-0.25, -0.2) is 4.68 Å². The van der Waals surface area contributed by atoms with Crippen LogP contribution in [0.1, 0.15) is 5.56 Å². The van der Waals surface area contributed by atoms with E-state index in [0.29, 0.717) is 22.8 Å². The van der Waals surface area contributed by atoms with Gasteiger partial charge < -0.3 is 14.8 Å². The van der Waals surface area contributed by atoms with Gasteiger partial charge in [-0.1, -0.05) is 42.5 Å². The first-order valence-corrected chi connectivity index (χ1v) is 10.6. The van der Waals surface area contributed by atoms with E-state index in [-0.39, 0.29) is 31.0 Å². The molecule has 0 aliphatic carbocycles. The molecule has 7 heteroatoms. The molecule has 1 amide bonds. The van der Waals surface area contributed by atoms with E-state index in [1.165, 1.54) is 10.7 Å². The van der Waals surface area contributed by atoms with Gasteiger partial charge in [-0.3, -0.25) is 9.59 Å². The summed E-state index contributed by atoms with van der Waals surface area (Å²) < 4.78 is 12.1. The third-order valence-electron chi connectivity index (χ3n) is 5.43. The molecule has 0 bridgehead atoms. The predicted molar refractivity (Wildman–Crippen MR) is 128 cm³/mol. The minimum Gasteiger partial charge on any atom is -0.497 e. The first-order chi connectivity index (χ1) is 16.1. The van der Waals surface area contributed by atoms with Crippen LogP contribution in [0.25, 0.3) is 22.0 Å². The molecule has 4 aromatic rings. The summed E-state index contributed by atoms with van der Waals surface area (Å²) in [6.07, 6.45) is 0.269. The van der Waals surface area contributed by atoms with E-state index < -0.39 is 0 Å². The Morgan fingerprint density at radius 2 is 1.79 bits per heavy atom. The van der Waals surface area contributed by atoms with Crippen LogP contribution in [0, 0.1) is 0 Å². The number of rotatable bonds is 8. The fraction of sp³-hybridized carbons (Fsp3) is 0.192. The molecule has 1 N–H and O–H groups in total. The van der Waals surface area contributed by atoms with Crippen LogP contribution in [0.3, 0.4) is 0 Å². The summed E-state index contributed by atoms with van der Waals surface area (Å²) in [5.41, 5.74) is 2.01. The lowest BCUT2D eigenvalue weighted by Crippen LogP contribution is -2.32. The van der Waals surface area contributed by atoms with E-state index in [1.807, 2.05) is 48.5 Å². The summed E-state index contributed by atoms with van der Waals surface area (Å²) in [5, 5.41) is 9.52. The molecule has 0 saturated carbocycles. The van der Waals surface area contributed by atoms with E-state index in [4.69, 9.17) is 9.47 Å². The van der Waals surface area contributed by atoms with Gasteiger partial charge in [0.1, 0.15) is 11.5 Å². The Labute approximate surface area is 191 Å². The summed E-state index contributed by atoms with van der Waals surface area (Å²) >= 11 is 0. The zero-order valence-corrected chi connectivity index (χ0v) is 18.6. The van der Waals surface area contributed by atoms with Crippen molar-refractivity contribution < 1.29 is 14.3 Å². The first kappa shape index (κ1) is 22.1. The van der Waals surface area contributed by atoms with E-state index >= 15 is 0 Å². The maximum atomic E-state index is 12.5. The molecular weight excluding hydrogens is 418 g/mol. The second kappa shape index (κ2) is 9.99. The molecule has 0 radical (unpaired) electrons. The topological polar surface area (TPSA) is 82.5 Å². The van der Waals surface area contributed by atoms with Gasteiger partial charge in [-0.05, 0) is 40.6 Å². The number of hydrogen-bond donors (Lipinski definition) is 1. The number of amides is 1. The number of carbonyl (C=O) groups excluding carboxylic acids is 1. The van der Waals surface area contributed by atoms with Crippen LogP contribution in [0.4, 0.5) is 0 Å². The highest BCUT2D eigenvalue weighted by atomic mass is 16.5. The smallest absolute Gasteiger partial charge is 0.266 e. The number of nitrogens with one attached hydrogen (secondary N) is 1. The lowest BCUT2D eigenvalue weighted by atomic mass is 10.0. The van der Waals surface area contributed by atoms with Crippen molar-refractivity contribution >= 4 is 16.7 Å². The first-order valence-electron chi connectivity index (χ1n) is 10.6. The molecule has 0 unspecified atom stereocenters. The normalized spacial score (nSPS) is 10.7. The van der Waals surface area contributed by atoms with E-state index in [9.17, 15) is 9.59 Å². The van der Waals surface area contributed by atoms with E-state index in [2.05, 4.69) is 10.4 Å². The van der Waals surface area contributed by atoms with Crippen molar-refractivity contribution in [2.24, 2.45) is 0 Å². The highest BCUT2D eigenvalue weighted by Crippen LogP contribution is 2.31. The number of ether oxygens (including phenoxy) is 2. The quantitative estimate of drug-likeness (QED) is 0.451. The fourth-order valence-corrected chi connectivity index (χ4v) is 3.75. The average Bonchev–Trinajstić information content (AvgIpc) is 2.85. The molecule has 4 rings (SSSR count). The molecule has 0 aliphatic heterocycles. The van der Waals surface area contributed by atoms with Crippen molar-refractivity contribution in [1.29, 1.82) is 0 Å². The van der Waals surface area contributed by atoms with Crippen LogP contribution in [-0.2, 0) is 17.8 Å². The van der Waals surface area contributed by atoms with Crippen molar-refractivity contribution in [2.45, 2.75) is 13.0 Å². The van der Waals surface area contributed by atoms with Gasteiger partial charge in [-0.15, -0.1) is 0 Å². The molecule has 0 fully saturated rings. The van der Waals surface area contributed by atoms with Crippen molar-refractivity contribution in [3.8, 4) is 22.8 Å². The molecule has 0 spiro atoms. The second-order valence-corrected chi connectivity index (χ2v) is 7.51. The maximum absolute atomic E-state index is 12.5. The van der Waals surface area contributed by atoms with Crippen LogP contribution in [0.2, 0.25) is 0 Å². The van der Waals surface area contributed by atoms with Crippen LogP contribution < -0.4 is 20.3 Å². The van der Waals surface area contributed by atoms with Crippen molar-refractivity contribution in [3.63, 3.8) is 0 Å². The molecule has 1 aromatic heterocycles. The Hall–Kier alpha value is -4.13. The minimum atomic E-state index is -0.246. The van der Waals surface area contributed by atoms with Gasteiger partial charge in [0, 0.05) is 18.2 Å². The Balaban J connectivity index is 1.45. The standard InChI is InChI=1S/C26H25N3O4/c1-32-20-10-12-24(33-2)22(17-20)23-11-13-26(31)29(28-23)15-14-27-25(30)16-19-8-5-7-18-6-3-4-9-21(18)19/h3-13,17H,14-16H2,1-2H3,(H,27,30). The molecule has 0 atom stereocenters. The Bertz CT molecular complexity index is 1340. The third-order valence-corrected chi connectivity index (χ3v) is 5.43. The highest BCUT2D eigenvalue weighted by Gasteiger charge is 2.12. The highest BCUT2D eigenvalue weighted by molar-refractivity contribution is 5.90. The zero-order chi connectivity index (χ0) is 23.2. The van der Waals surface area contributed by atoms with Gasteiger partial charge >= 0.3 is 0 Å². The molecule has 7 nitrogen and oxygen atoms in total. The Morgan fingerprint density at radius 1 is 0.970 bits per heavy atom. The van der Waals surface area contributed by atoms with Crippen LogP contribution >= 0.6 is 0 Å². The van der Waals surface area contributed by atoms with Crippen molar-refractivity contribution in [3.05, 3.63) is 88.7 Å². The van der Waals surface area contributed by atoms with Gasteiger partial charge in [0.15, 0.2) is 0 Å². The summed E-state index contributed by atoms with van der Waals surface area (Å²) in [6.45, 7) is 0.537. The Morgan fingerprint density at radius 3 is 2.61 bits per heavy atom. The van der Waals surface area contributed by atoms with Crippen molar-refractivity contribution in [1.82, 2.24) is 15.1 Å². The number of benzene rings is 3. The maximum Gasteiger partial charge on any atom is 0.266 e. The molecule has 3 aromatic carbocycles. The minimum absolute atomic E-state index is 0.106. The van der Waals surface area contributed by atoms with Crippen LogP contribution in [0.5, 0.6) is 11.5 Å². The van der Waals surface area contributed by atoms with Gasteiger partial charge in [0.25, 0.3) is 5.56 Å². The van der Waals surface area contributed by atoms with E-state index in [0.717, 1.165) is 16.3 Å². The van der Waals surface area contributed by atoms with Gasteiger partial charge in [-0.2, -0.15) is 5.10 Å². The number of fused-ring (bicyclic) bond motifs is 1. The monoisotopic (exact) mass is 443 g/mol. The molecule has 1 heterocycles. The largest absolute Gasteiger partial charge is 0.497 e. The molecular formula is C26H25N3O4. The molecule has 0 aliphatic rings. The second-order valence-electron chi connectivity index (χ2n) is 7.51. The molecule has 33 heavy (non-hydrogen) atoms. The SMILES string of the molecule is COc1ccc(OC)c(-c2ccc(=O)n(CCNC(=O)Cc3cccc4ccccc34)n2)c1. The number of methoxy groups -OCH3 is 2. The molecule has 168 valence electrons. The van der Waals surface area contributed by atoms with Crippen LogP contribution in [-0.4, -0.2) is 36.5 Å². The number of carbonyl (C=O) groups is 1. The summed E-state index contributed by atoms with van der Waals surface area (Å²) in [6, 6.07) is 22.4. The van der Waals surface area contributed by atoms with Crippen LogP contribution in [0.15, 0.2) is 77.6 Å². The number of aromatic nitrogens is 2. The zero-order valence-electron chi connectivity index (χ0n) is 18.6. The summed E-state index contributed by atoms with van der Waals surface area (Å²) in [5.74, 6) is 1.17. The summed E-state index contributed by atoms with van der Waals surface area (Å²) in [4.78, 5) is 24.8. The van der Waals surface area contributed by atoms with Crippen molar-refractivity contribution in [2.75, 3.05) is 20.8 Å². The predicted octanol–water partition coefficient (Wildman–Crippen LogP) is 3.44. The summed E-state index contributed by atoms with van der Waals surface area (Å²) in [7, 11) is 3.16. The van der Waals surface area contributed by atoms with Gasteiger partial charge in [0.2, 0.25) is 5.91 Å². The Kier molecular flexibility index (Phi) is 6.69. The average molecular weight is 444 g/mol. The van der Waals surface area contributed by atoms with Gasteiger partial charge in [0.05, 0.1) is 32.9 Å². The lowest BCUT2D eigenvalue weighted by molar-refractivity contribution is -0.120. The number of nitrogens with zero attached hydrogens (tertiary/aromatic N) is 2.